The van der Waals surface area contributed by atoms with Gasteiger partial charge in [-0.2, -0.15) is 0 Å². The van der Waals surface area contributed by atoms with Crippen LogP contribution in [0, 0.1) is 5.82 Å². The number of hydrogen-bond donors (Lipinski definition) is 2. The van der Waals surface area contributed by atoms with Crippen molar-refractivity contribution in [3.8, 4) is 11.4 Å². The molecule has 1 unspecified atom stereocenters. The number of aromatic nitrogens is 2. The molecule has 1 aromatic heterocycles. The summed E-state index contributed by atoms with van der Waals surface area (Å²) in [7, 11) is 1.55. The number of amides is 1. The van der Waals surface area contributed by atoms with E-state index in [1.165, 1.54) is 12.1 Å². The molecule has 0 fully saturated rings. The number of carbonyl (C=O) groups is 1. The molecule has 0 radical (unpaired) electrons. The van der Waals surface area contributed by atoms with Crippen LogP contribution in [0.2, 0.25) is 10.0 Å². The molecule has 4 rings (SSSR count). The normalized spacial score (nSPS) is 12.3. The van der Waals surface area contributed by atoms with Crippen molar-refractivity contribution < 1.29 is 19.0 Å². The number of imidazole rings is 1. The maximum atomic E-state index is 13.8. The zero-order chi connectivity index (χ0) is 26.9. The quantitative estimate of drug-likeness (QED) is 0.265. The summed E-state index contributed by atoms with van der Waals surface area (Å²) in [6.45, 7) is 5.65. The summed E-state index contributed by atoms with van der Waals surface area (Å²) in [5.41, 5.74) is 2.56. The van der Waals surface area contributed by atoms with E-state index >= 15 is 0 Å². The second-order valence-corrected chi connectivity index (χ2v) is 9.93. The summed E-state index contributed by atoms with van der Waals surface area (Å²) in [5, 5.41) is 13.6. The molecule has 0 bridgehead atoms. The van der Waals surface area contributed by atoms with Gasteiger partial charge in [-0.25, -0.2) is 9.37 Å². The first-order valence-electron chi connectivity index (χ1n) is 11.5. The SMILES string of the molecule is COc1cc(C(C)(C)c2cnc(C(=O)Nc3ccc(Cl)c(Cl)c3)n2-c2ccc(F)cc2)ccc1C(C)O. The van der Waals surface area contributed by atoms with Gasteiger partial charge >= 0.3 is 0 Å². The highest BCUT2D eigenvalue weighted by Gasteiger charge is 2.32. The Morgan fingerprint density at radius 3 is 2.41 bits per heavy atom. The number of anilines is 1. The van der Waals surface area contributed by atoms with Gasteiger partial charge in [-0.3, -0.25) is 9.36 Å². The molecule has 37 heavy (non-hydrogen) atoms. The first kappa shape index (κ1) is 26.7. The van der Waals surface area contributed by atoms with Gasteiger partial charge in [-0.05, 0) is 61.0 Å². The van der Waals surface area contributed by atoms with Crippen molar-refractivity contribution in [2.75, 3.05) is 12.4 Å². The molecule has 1 amide bonds. The lowest BCUT2D eigenvalue weighted by Crippen LogP contribution is -2.25. The fraction of sp³-hybridized carbons (Fsp3) is 0.214. The number of methoxy groups -OCH3 is 1. The summed E-state index contributed by atoms with van der Waals surface area (Å²) in [5.74, 6) is -0.226. The Labute approximate surface area is 224 Å². The number of benzene rings is 3. The van der Waals surface area contributed by atoms with Gasteiger partial charge in [0.05, 0.1) is 35.1 Å². The molecule has 0 aliphatic carbocycles. The Morgan fingerprint density at radius 1 is 1.08 bits per heavy atom. The van der Waals surface area contributed by atoms with Crippen LogP contribution < -0.4 is 10.1 Å². The molecule has 0 aliphatic heterocycles. The van der Waals surface area contributed by atoms with Crippen molar-refractivity contribution in [2.45, 2.75) is 32.3 Å². The maximum Gasteiger partial charge on any atom is 0.292 e. The Morgan fingerprint density at radius 2 is 1.78 bits per heavy atom. The smallest absolute Gasteiger partial charge is 0.292 e. The van der Waals surface area contributed by atoms with Crippen LogP contribution in [0.4, 0.5) is 10.1 Å². The predicted octanol–water partition coefficient (Wildman–Crippen LogP) is 6.96. The van der Waals surface area contributed by atoms with Gasteiger partial charge in [-0.15, -0.1) is 0 Å². The van der Waals surface area contributed by atoms with Gasteiger partial charge in [0.15, 0.2) is 0 Å². The van der Waals surface area contributed by atoms with Crippen LogP contribution in [0.5, 0.6) is 5.75 Å². The first-order valence-corrected chi connectivity index (χ1v) is 12.3. The molecule has 0 saturated carbocycles. The number of hydrogen-bond acceptors (Lipinski definition) is 4. The van der Waals surface area contributed by atoms with Crippen LogP contribution in [0.15, 0.2) is 66.9 Å². The van der Waals surface area contributed by atoms with E-state index in [9.17, 15) is 14.3 Å². The van der Waals surface area contributed by atoms with Crippen molar-refractivity contribution in [1.29, 1.82) is 0 Å². The van der Waals surface area contributed by atoms with Crippen molar-refractivity contribution in [3.63, 3.8) is 0 Å². The Hall–Kier alpha value is -3.39. The molecule has 1 atom stereocenters. The fourth-order valence-electron chi connectivity index (χ4n) is 4.16. The van der Waals surface area contributed by atoms with E-state index in [-0.39, 0.29) is 5.82 Å². The van der Waals surface area contributed by atoms with Gasteiger partial charge in [0.1, 0.15) is 11.6 Å². The zero-order valence-electron chi connectivity index (χ0n) is 20.7. The maximum absolute atomic E-state index is 13.8. The molecular formula is C28H26Cl2FN3O3. The van der Waals surface area contributed by atoms with Gasteiger partial charge in [0.25, 0.3) is 5.91 Å². The molecule has 3 aromatic carbocycles. The van der Waals surface area contributed by atoms with Crippen LogP contribution in [-0.4, -0.2) is 27.7 Å². The second-order valence-electron chi connectivity index (χ2n) is 9.12. The minimum atomic E-state index is -0.700. The average Bonchev–Trinajstić information content (AvgIpc) is 3.32. The third-order valence-electron chi connectivity index (χ3n) is 6.27. The van der Waals surface area contributed by atoms with E-state index in [1.54, 1.807) is 55.1 Å². The van der Waals surface area contributed by atoms with Crippen LogP contribution >= 0.6 is 23.2 Å². The first-order chi connectivity index (χ1) is 17.5. The van der Waals surface area contributed by atoms with Gasteiger partial charge in [-0.1, -0.05) is 49.2 Å². The molecule has 0 aliphatic rings. The molecule has 9 heteroatoms. The molecule has 0 saturated heterocycles. The molecular weight excluding hydrogens is 516 g/mol. The Balaban J connectivity index is 1.83. The lowest BCUT2D eigenvalue weighted by Gasteiger charge is -2.28. The second kappa shape index (κ2) is 10.5. The highest BCUT2D eigenvalue weighted by molar-refractivity contribution is 6.42. The lowest BCUT2D eigenvalue weighted by molar-refractivity contribution is 0.101. The number of carbonyl (C=O) groups excluding carboxylic acids is 1. The van der Waals surface area contributed by atoms with E-state index in [2.05, 4.69) is 10.3 Å². The van der Waals surface area contributed by atoms with Crippen LogP contribution in [0.25, 0.3) is 5.69 Å². The molecule has 2 N–H and O–H groups in total. The number of aliphatic hydroxyl groups is 1. The number of halogens is 3. The summed E-state index contributed by atoms with van der Waals surface area (Å²) in [4.78, 5) is 17.8. The largest absolute Gasteiger partial charge is 0.496 e. The van der Waals surface area contributed by atoms with E-state index < -0.39 is 23.2 Å². The van der Waals surface area contributed by atoms with E-state index in [0.29, 0.717) is 38.4 Å². The molecule has 1 heterocycles. The van der Waals surface area contributed by atoms with Gasteiger partial charge < -0.3 is 15.2 Å². The van der Waals surface area contributed by atoms with Crippen molar-refractivity contribution >= 4 is 34.8 Å². The van der Waals surface area contributed by atoms with Crippen LogP contribution in [0.1, 0.15) is 54.3 Å². The third kappa shape index (κ3) is 5.34. The minimum absolute atomic E-state index is 0.105. The molecule has 6 nitrogen and oxygen atoms in total. The topological polar surface area (TPSA) is 76.4 Å². The summed E-state index contributed by atoms with van der Waals surface area (Å²) in [6.07, 6.45) is 0.927. The number of nitrogens with zero attached hydrogens (tertiary/aromatic N) is 2. The van der Waals surface area contributed by atoms with Gasteiger partial charge in [0, 0.05) is 22.4 Å². The standard InChI is InChI=1S/C28H26Cl2FN3O3/c1-16(35)21-11-5-17(13-24(21)37-4)28(2,3)25-15-32-26(34(25)20-9-6-18(31)7-10-20)27(36)33-19-8-12-22(29)23(30)14-19/h5-16,35H,1-4H3,(H,33,36). The van der Waals surface area contributed by atoms with Crippen molar-refractivity contribution in [1.82, 2.24) is 9.55 Å². The van der Waals surface area contributed by atoms with Crippen molar-refractivity contribution in [3.05, 3.63) is 105 Å². The average molecular weight is 542 g/mol. The van der Waals surface area contributed by atoms with E-state index in [4.69, 9.17) is 27.9 Å². The molecule has 4 aromatic rings. The summed E-state index contributed by atoms with van der Waals surface area (Å²) < 4.78 is 21.0. The monoisotopic (exact) mass is 541 g/mol. The van der Waals surface area contributed by atoms with Crippen molar-refractivity contribution in [2.24, 2.45) is 0 Å². The number of rotatable bonds is 7. The number of aliphatic hydroxyl groups excluding tert-OH is 1. The Kier molecular flexibility index (Phi) is 7.59. The van der Waals surface area contributed by atoms with Crippen LogP contribution in [0.3, 0.4) is 0 Å². The Bertz CT molecular complexity index is 1450. The van der Waals surface area contributed by atoms with E-state index in [0.717, 1.165) is 5.56 Å². The number of nitrogens with one attached hydrogen (secondary N) is 1. The zero-order valence-corrected chi connectivity index (χ0v) is 22.2. The predicted molar refractivity (Wildman–Crippen MR) is 144 cm³/mol. The van der Waals surface area contributed by atoms with Crippen LogP contribution in [-0.2, 0) is 5.41 Å². The third-order valence-corrected chi connectivity index (χ3v) is 7.01. The summed E-state index contributed by atoms with van der Waals surface area (Å²) >= 11 is 12.1. The lowest BCUT2D eigenvalue weighted by atomic mass is 9.80. The molecule has 192 valence electrons. The van der Waals surface area contributed by atoms with Gasteiger partial charge in [0.2, 0.25) is 5.82 Å². The molecule has 0 spiro atoms. The minimum Gasteiger partial charge on any atom is -0.496 e. The highest BCUT2D eigenvalue weighted by atomic mass is 35.5. The fourth-order valence-corrected chi connectivity index (χ4v) is 4.46. The summed E-state index contributed by atoms with van der Waals surface area (Å²) in [6, 6.07) is 16.2. The van der Waals surface area contributed by atoms with E-state index in [1.807, 2.05) is 32.0 Å². The highest BCUT2D eigenvalue weighted by Crippen LogP contribution is 2.37. The number of ether oxygens (including phenoxy) is 1.